The number of piperazine rings is 1. The average molecular weight is 315 g/mol. The number of carboxylic acid groups (broad SMARTS) is 1. The monoisotopic (exact) mass is 315 g/mol. The summed E-state index contributed by atoms with van der Waals surface area (Å²) in [6.45, 7) is 5.58. The molecule has 0 spiro atoms. The third-order valence-corrected chi connectivity index (χ3v) is 4.29. The molecule has 6 nitrogen and oxygen atoms in total. The van der Waals surface area contributed by atoms with E-state index >= 15 is 0 Å². The fourth-order valence-electron chi connectivity index (χ4n) is 2.99. The van der Waals surface area contributed by atoms with Gasteiger partial charge in [0.1, 0.15) is 6.26 Å². The number of nitrogens with zero attached hydrogens (tertiary/aromatic N) is 3. The van der Waals surface area contributed by atoms with E-state index in [-0.39, 0.29) is 5.69 Å². The molecule has 1 aliphatic rings. The largest absolute Gasteiger partial charge is 0.476 e. The van der Waals surface area contributed by atoms with Crippen LogP contribution in [0.5, 0.6) is 0 Å². The van der Waals surface area contributed by atoms with Crippen molar-refractivity contribution >= 4 is 12.0 Å². The highest BCUT2D eigenvalue weighted by Crippen LogP contribution is 2.21. The fourth-order valence-corrected chi connectivity index (χ4v) is 2.99. The predicted octanol–water partition coefficient (Wildman–Crippen LogP) is 2.47. The van der Waals surface area contributed by atoms with Crippen LogP contribution in [0.1, 0.15) is 29.4 Å². The highest BCUT2D eigenvalue weighted by atomic mass is 16.4. The maximum Gasteiger partial charge on any atom is 0.357 e. The molecule has 2 aromatic rings. The van der Waals surface area contributed by atoms with Crippen molar-refractivity contribution in [3.8, 4) is 0 Å². The Balaban J connectivity index is 1.67. The number of hydrogen-bond donors (Lipinski definition) is 1. The Kier molecular flexibility index (Phi) is 4.62. The van der Waals surface area contributed by atoms with Gasteiger partial charge in [-0.15, -0.1) is 0 Å². The number of anilines is 1. The van der Waals surface area contributed by atoms with Crippen molar-refractivity contribution in [1.82, 2.24) is 9.88 Å². The van der Waals surface area contributed by atoms with E-state index in [1.165, 1.54) is 11.8 Å². The quantitative estimate of drug-likeness (QED) is 0.914. The van der Waals surface area contributed by atoms with Crippen LogP contribution in [0.25, 0.3) is 0 Å². The van der Waals surface area contributed by atoms with Gasteiger partial charge in [0.25, 0.3) is 6.01 Å². The number of benzene rings is 1. The maximum atomic E-state index is 10.9. The number of carbonyl (C=O) groups is 1. The summed E-state index contributed by atoms with van der Waals surface area (Å²) in [6.07, 6.45) is 2.23. The zero-order valence-electron chi connectivity index (χ0n) is 13.2. The van der Waals surface area contributed by atoms with Gasteiger partial charge in [0.2, 0.25) is 0 Å². The van der Waals surface area contributed by atoms with E-state index in [1.54, 1.807) is 0 Å². The molecule has 1 unspecified atom stereocenters. The predicted molar refractivity (Wildman–Crippen MR) is 86.6 cm³/mol. The molecule has 1 N–H and O–H groups in total. The van der Waals surface area contributed by atoms with E-state index < -0.39 is 5.97 Å². The van der Waals surface area contributed by atoms with Crippen molar-refractivity contribution in [1.29, 1.82) is 0 Å². The average Bonchev–Trinajstić information content (AvgIpc) is 3.06. The molecule has 0 radical (unpaired) electrons. The van der Waals surface area contributed by atoms with Gasteiger partial charge in [0, 0.05) is 32.2 Å². The van der Waals surface area contributed by atoms with Gasteiger partial charge in [-0.25, -0.2) is 4.79 Å². The molecular weight excluding hydrogens is 294 g/mol. The van der Waals surface area contributed by atoms with Crippen LogP contribution in [0.2, 0.25) is 0 Å². The number of rotatable bonds is 5. The summed E-state index contributed by atoms with van der Waals surface area (Å²) in [7, 11) is 0. The van der Waals surface area contributed by atoms with E-state index in [0.29, 0.717) is 12.1 Å². The summed E-state index contributed by atoms with van der Waals surface area (Å²) in [4.78, 5) is 19.5. The van der Waals surface area contributed by atoms with Gasteiger partial charge in [0.05, 0.1) is 0 Å². The first-order chi connectivity index (χ1) is 11.2. The van der Waals surface area contributed by atoms with Gasteiger partial charge in [-0.05, 0) is 12.0 Å². The minimum atomic E-state index is -1.06. The smallest absolute Gasteiger partial charge is 0.357 e. The second-order valence-electron chi connectivity index (χ2n) is 5.78. The van der Waals surface area contributed by atoms with E-state index in [9.17, 15) is 4.79 Å². The van der Waals surface area contributed by atoms with E-state index in [1.807, 2.05) is 11.0 Å². The van der Waals surface area contributed by atoms with Gasteiger partial charge in [-0.2, -0.15) is 4.98 Å². The molecule has 0 aliphatic carbocycles. The number of hydrogen-bond acceptors (Lipinski definition) is 5. The van der Waals surface area contributed by atoms with Crippen LogP contribution < -0.4 is 4.90 Å². The molecule has 23 heavy (non-hydrogen) atoms. The van der Waals surface area contributed by atoms with Crippen LogP contribution in [0.3, 0.4) is 0 Å². The molecule has 1 aromatic heterocycles. The maximum absolute atomic E-state index is 10.9. The van der Waals surface area contributed by atoms with Gasteiger partial charge in [0.15, 0.2) is 5.69 Å². The lowest BCUT2D eigenvalue weighted by molar-refractivity contribution is 0.0690. The molecule has 6 heteroatoms. The molecule has 1 atom stereocenters. The molecule has 0 amide bonds. The Hall–Kier alpha value is -2.34. The van der Waals surface area contributed by atoms with Crippen molar-refractivity contribution in [3.05, 3.63) is 47.9 Å². The molecule has 0 bridgehead atoms. The van der Waals surface area contributed by atoms with E-state index in [2.05, 4.69) is 41.1 Å². The molecule has 3 rings (SSSR count). The van der Waals surface area contributed by atoms with Gasteiger partial charge in [-0.1, -0.05) is 37.3 Å². The Morgan fingerprint density at radius 3 is 2.78 bits per heavy atom. The summed E-state index contributed by atoms with van der Waals surface area (Å²) in [6, 6.07) is 11.2. The molecular formula is C17H21N3O3. The van der Waals surface area contributed by atoms with Crippen LogP contribution in [0.4, 0.5) is 6.01 Å². The Bertz CT molecular complexity index is 656. The number of aromatic nitrogens is 1. The van der Waals surface area contributed by atoms with Gasteiger partial charge < -0.3 is 14.4 Å². The number of aromatic carboxylic acids is 1. The summed E-state index contributed by atoms with van der Waals surface area (Å²) < 4.78 is 5.33. The fraction of sp³-hybridized carbons (Fsp3) is 0.412. The van der Waals surface area contributed by atoms with E-state index in [0.717, 1.165) is 32.6 Å². The van der Waals surface area contributed by atoms with Gasteiger partial charge in [-0.3, -0.25) is 4.90 Å². The zero-order valence-corrected chi connectivity index (χ0v) is 13.2. The Morgan fingerprint density at radius 1 is 1.35 bits per heavy atom. The second-order valence-corrected chi connectivity index (χ2v) is 5.78. The third kappa shape index (κ3) is 3.53. The van der Waals surface area contributed by atoms with E-state index in [4.69, 9.17) is 9.52 Å². The molecule has 0 saturated carbocycles. The van der Waals surface area contributed by atoms with Crippen LogP contribution in [0.15, 0.2) is 41.0 Å². The lowest BCUT2D eigenvalue weighted by Gasteiger charge is -2.40. The second kappa shape index (κ2) is 6.83. The van der Waals surface area contributed by atoms with Crippen LogP contribution in [-0.4, -0.2) is 46.6 Å². The molecule has 1 aromatic carbocycles. The zero-order chi connectivity index (χ0) is 16.2. The summed E-state index contributed by atoms with van der Waals surface area (Å²) in [5.41, 5.74) is 1.27. The van der Waals surface area contributed by atoms with Crippen LogP contribution >= 0.6 is 0 Å². The Labute approximate surface area is 135 Å². The van der Waals surface area contributed by atoms with Crippen molar-refractivity contribution < 1.29 is 14.3 Å². The molecule has 122 valence electrons. The molecule has 2 heterocycles. The summed E-state index contributed by atoms with van der Waals surface area (Å²) in [5.74, 6) is -1.06. The lowest BCUT2D eigenvalue weighted by atomic mass is 10.1. The summed E-state index contributed by atoms with van der Waals surface area (Å²) in [5, 5.41) is 8.95. The number of carboxylic acids is 1. The number of oxazole rings is 1. The lowest BCUT2D eigenvalue weighted by Crippen LogP contribution is -2.52. The highest BCUT2D eigenvalue weighted by Gasteiger charge is 2.28. The van der Waals surface area contributed by atoms with Crippen LogP contribution in [0, 0.1) is 0 Å². The first kappa shape index (κ1) is 15.6. The summed E-state index contributed by atoms with van der Waals surface area (Å²) >= 11 is 0. The molecule has 1 saturated heterocycles. The minimum absolute atomic E-state index is 0.0419. The first-order valence-electron chi connectivity index (χ1n) is 7.89. The highest BCUT2D eigenvalue weighted by molar-refractivity contribution is 5.85. The van der Waals surface area contributed by atoms with Crippen LogP contribution in [-0.2, 0) is 6.54 Å². The van der Waals surface area contributed by atoms with Crippen molar-refractivity contribution in [2.75, 3.05) is 24.5 Å². The minimum Gasteiger partial charge on any atom is -0.476 e. The topological polar surface area (TPSA) is 69.8 Å². The Morgan fingerprint density at radius 2 is 2.13 bits per heavy atom. The van der Waals surface area contributed by atoms with Gasteiger partial charge >= 0.3 is 5.97 Å². The first-order valence-corrected chi connectivity index (χ1v) is 7.89. The van der Waals surface area contributed by atoms with Crippen molar-refractivity contribution in [3.63, 3.8) is 0 Å². The molecule has 1 aliphatic heterocycles. The standard InChI is InChI=1S/C17H21N3O3/c1-2-14-11-20(17-18-15(12-23-17)16(21)22)9-8-19(14)10-13-6-4-3-5-7-13/h3-7,12,14H,2,8-11H2,1H3,(H,21,22). The van der Waals surface area contributed by atoms with Crippen molar-refractivity contribution in [2.45, 2.75) is 25.9 Å². The van der Waals surface area contributed by atoms with Crippen molar-refractivity contribution in [2.24, 2.45) is 0 Å². The third-order valence-electron chi connectivity index (χ3n) is 4.29. The SMILES string of the molecule is CCC1CN(c2nc(C(=O)O)co2)CCN1Cc1ccccc1. The normalized spacial score (nSPS) is 19.0. The molecule has 1 fully saturated rings.